The van der Waals surface area contributed by atoms with E-state index in [-0.39, 0.29) is 86.7 Å². The normalized spacial score (nSPS) is 0.800. The number of hydrogen-bond acceptors (Lipinski definition) is 6. The molecule has 0 amide bonds. The van der Waals surface area contributed by atoms with E-state index < -0.39 is 0 Å². The molecule has 0 aliphatic rings. The van der Waals surface area contributed by atoms with Crippen molar-refractivity contribution in [1.82, 2.24) is 0 Å². The Hall–Kier alpha value is -0.398. The van der Waals surface area contributed by atoms with Gasteiger partial charge in [0.2, 0.25) is 0 Å². The van der Waals surface area contributed by atoms with Gasteiger partial charge in [0.1, 0.15) is 0 Å². The SMILES string of the molecule is [C-]#N.[C-]#N.[C-]#N.[C-]#N.[C-]#N.[C-]#N.[Co].[Fe+6].[H-].[K+]. The van der Waals surface area contributed by atoms with Gasteiger partial charge in [0.25, 0.3) is 0 Å². The fourth-order valence-electron chi connectivity index (χ4n) is 0. The minimum Gasteiger partial charge on any atom is -1.00 e. The van der Waals surface area contributed by atoms with Crippen LogP contribution in [-0.4, -0.2) is 0 Å². The third-order valence-corrected chi connectivity index (χ3v) is 0. The third kappa shape index (κ3) is 11600. The maximum Gasteiger partial charge on any atom is 6.00 e. The minimum absolute atomic E-state index is 0. The Kier molecular flexibility index (Phi) is 78400. The van der Waals surface area contributed by atoms with Gasteiger partial charge in [-0.2, -0.15) is 0 Å². The van der Waals surface area contributed by atoms with Gasteiger partial charge in [-0.1, -0.05) is 0 Å². The van der Waals surface area contributed by atoms with Crippen molar-refractivity contribution in [2.24, 2.45) is 0 Å². The average molecular weight is 311 g/mol. The largest absolute Gasteiger partial charge is 6.00 e. The van der Waals surface area contributed by atoms with Crippen LogP contribution in [0.3, 0.4) is 0 Å². The van der Waals surface area contributed by atoms with Gasteiger partial charge in [-0.15, -0.1) is 0 Å². The van der Waals surface area contributed by atoms with Crippen molar-refractivity contribution in [2.75, 3.05) is 0 Å². The first kappa shape index (κ1) is 86.1. The molecule has 0 rings (SSSR count). The maximum absolute atomic E-state index is 6.25. The van der Waals surface area contributed by atoms with Gasteiger partial charge in [0, 0.05) is 16.8 Å². The smallest absolute Gasteiger partial charge is 1.00 e. The van der Waals surface area contributed by atoms with Gasteiger partial charge in [0.05, 0.1) is 0 Å². The van der Waals surface area contributed by atoms with E-state index in [2.05, 4.69) is 0 Å². The standard InChI is InChI=1S/6CN.Co.Fe.K.H/c6*1-2;;;;/q6*-1;;+6;+1;-1. The second-order valence-electron chi connectivity index (χ2n) is 0. The average Bonchev–Trinajstić information content (AvgIpc) is 2.33. The van der Waals surface area contributed by atoms with Crippen LogP contribution < -0.4 is 51.4 Å². The summed E-state index contributed by atoms with van der Waals surface area (Å²) in [5.74, 6) is 0. The third-order valence-electron chi connectivity index (χ3n) is 0. The Labute approximate surface area is 155 Å². The fourth-order valence-corrected chi connectivity index (χ4v) is 0. The first-order chi connectivity index (χ1) is 6.00. The molecule has 0 atom stereocenters. The van der Waals surface area contributed by atoms with E-state index in [1.807, 2.05) is 0 Å². The predicted octanol–water partition coefficient (Wildman–Crippen LogP) is -2.31. The van der Waals surface area contributed by atoms with E-state index in [4.69, 9.17) is 71.0 Å². The molecule has 0 bridgehead atoms. The maximum atomic E-state index is 6.25. The summed E-state index contributed by atoms with van der Waals surface area (Å²) in [6.45, 7) is 28.5. The summed E-state index contributed by atoms with van der Waals surface area (Å²) in [7, 11) is 0. The summed E-state index contributed by atoms with van der Waals surface area (Å²) in [5.41, 5.74) is 0. The van der Waals surface area contributed by atoms with E-state index in [0.29, 0.717) is 0 Å². The molecule has 0 saturated heterocycles. The van der Waals surface area contributed by atoms with Crippen LogP contribution in [-0.2, 0) is 33.8 Å². The van der Waals surface area contributed by atoms with E-state index in [9.17, 15) is 0 Å². The molecule has 0 aliphatic heterocycles. The molecule has 0 aromatic carbocycles. The molecule has 73 valence electrons. The Morgan fingerprint density at radius 3 is 0.467 bits per heavy atom. The zero-order valence-electron chi connectivity index (χ0n) is 8.37. The molecule has 15 heavy (non-hydrogen) atoms. The summed E-state index contributed by atoms with van der Waals surface area (Å²) in [6, 6.07) is 0. The molecule has 0 unspecified atom stereocenters. The van der Waals surface area contributed by atoms with Crippen LogP contribution >= 0.6 is 0 Å². The molecule has 0 heterocycles. The number of nitrogens with zero attached hydrogens (tertiary/aromatic N) is 6. The fraction of sp³-hybridized carbons (Fsp3) is 0. The Morgan fingerprint density at radius 1 is 0.467 bits per heavy atom. The van der Waals surface area contributed by atoms with Crippen LogP contribution in [0.25, 0.3) is 0 Å². The van der Waals surface area contributed by atoms with E-state index in [1.54, 1.807) is 0 Å². The van der Waals surface area contributed by atoms with Gasteiger partial charge in [-0.3, -0.25) is 0 Å². The summed E-state index contributed by atoms with van der Waals surface area (Å²) < 4.78 is 0. The Balaban J connectivity index is -0.00000000321. The first-order valence-electron chi connectivity index (χ1n) is 1.34. The van der Waals surface area contributed by atoms with Crippen molar-refractivity contribution in [1.29, 1.82) is 31.6 Å². The van der Waals surface area contributed by atoms with Gasteiger partial charge < -0.3 is 72.4 Å². The van der Waals surface area contributed by atoms with Gasteiger partial charge >= 0.3 is 68.5 Å². The molecule has 0 aliphatic carbocycles. The van der Waals surface area contributed by atoms with Crippen LogP contribution in [0.4, 0.5) is 0 Å². The van der Waals surface area contributed by atoms with E-state index in [0.717, 1.165) is 0 Å². The minimum atomic E-state index is 0. The molecule has 0 aromatic heterocycles. The molecular formula is C6HCoFeKN6. The van der Waals surface area contributed by atoms with Gasteiger partial charge in [-0.05, 0) is 0 Å². The quantitative estimate of drug-likeness (QED) is 0.363. The molecule has 0 N–H and O–H groups in total. The summed E-state index contributed by atoms with van der Waals surface area (Å²) in [5, 5.41) is 37.5. The summed E-state index contributed by atoms with van der Waals surface area (Å²) >= 11 is 0. The van der Waals surface area contributed by atoms with Crippen molar-refractivity contribution in [3.63, 3.8) is 0 Å². The van der Waals surface area contributed by atoms with Crippen LogP contribution in [0.15, 0.2) is 0 Å². The van der Waals surface area contributed by atoms with E-state index >= 15 is 0 Å². The molecule has 0 spiro atoms. The zero-order chi connectivity index (χ0) is 12.0. The van der Waals surface area contributed by atoms with Crippen molar-refractivity contribution >= 4 is 0 Å². The molecule has 0 fully saturated rings. The number of hydrogen-bond donors (Lipinski definition) is 0. The first-order valence-corrected chi connectivity index (χ1v) is 1.34. The van der Waals surface area contributed by atoms with Gasteiger partial charge in [-0.25, -0.2) is 0 Å². The van der Waals surface area contributed by atoms with Crippen molar-refractivity contribution in [3.8, 4) is 0 Å². The molecule has 1 radical (unpaired) electrons. The Morgan fingerprint density at radius 2 is 0.467 bits per heavy atom. The zero-order valence-corrected chi connectivity index (χ0v) is 12.6. The molecule has 0 aromatic rings. The topological polar surface area (TPSA) is 143 Å². The van der Waals surface area contributed by atoms with Crippen LogP contribution in [0.5, 0.6) is 0 Å². The molecule has 6 nitrogen and oxygen atoms in total. The Bertz CT molecular complexity index is 108. The van der Waals surface area contributed by atoms with Crippen molar-refractivity contribution in [2.45, 2.75) is 0 Å². The predicted molar refractivity (Wildman–Crippen MR) is 30.9 cm³/mol. The summed E-state index contributed by atoms with van der Waals surface area (Å²) in [6.07, 6.45) is 0. The molecule has 0 saturated carbocycles. The second-order valence-corrected chi connectivity index (χ2v) is 0. The second kappa shape index (κ2) is 13700. The molecule has 9 heteroatoms. The summed E-state index contributed by atoms with van der Waals surface area (Å²) in [4.78, 5) is 0. The van der Waals surface area contributed by atoms with E-state index in [1.165, 1.54) is 0 Å². The molecular weight excluding hydrogens is 310 g/mol. The van der Waals surface area contributed by atoms with Crippen molar-refractivity contribution < 1.29 is 86.7 Å². The van der Waals surface area contributed by atoms with Crippen LogP contribution in [0, 0.1) is 71.0 Å². The van der Waals surface area contributed by atoms with Crippen LogP contribution in [0.2, 0.25) is 0 Å². The van der Waals surface area contributed by atoms with Crippen LogP contribution in [0.1, 0.15) is 1.43 Å². The van der Waals surface area contributed by atoms with Gasteiger partial charge in [0.15, 0.2) is 0 Å². The van der Waals surface area contributed by atoms with Crippen molar-refractivity contribution in [3.05, 3.63) is 39.4 Å². The number of rotatable bonds is 0. The monoisotopic (exact) mass is 311 g/mol.